The van der Waals surface area contributed by atoms with E-state index in [0.717, 1.165) is 51.4 Å². The van der Waals surface area contributed by atoms with Crippen molar-refractivity contribution in [3.63, 3.8) is 0 Å². The number of hydrogen-bond donors (Lipinski definition) is 0. The van der Waals surface area contributed by atoms with Gasteiger partial charge in [-0.1, -0.05) is 17.7 Å². The molecule has 0 aliphatic heterocycles. The van der Waals surface area contributed by atoms with Crippen molar-refractivity contribution in [2.24, 2.45) is 5.92 Å². The summed E-state index contributed by atoms with van der Waals surface area (Å²) in [5.41, 5.74) is 4.52. The van der Waals surface area contributed by atoms with Crippen LogP contribution < -0.4 is 4.74 Å². The van der Waals surface area contributed by atoms with Crippen molar-refractivity contribution in [2.45, 2.75) is 25.9 Å². The number of aromatic nitrogens is 7. The number of halogens is 2. The van der Waals surface area contributed by atoms with Gasteiger partial charge in [0.15, 0.2) is 17.5 Å². The fraction of sp³-hybridized carbons (Fsp3) is 0.214. The first-order valence-corrected chi connectivity index (χ1v) is 12.8. The highest BCUT2D eigenvalue weighted by atomic mass is 35.5. The van der Waals surface area contributed by atoms with E-state index in [2.05, 4.69) is 31.3 Å². The summed E-state index contributed by atoms with van der Waals surface area (Å²) in [4.78, 5) is 13.9. The Bertz CT molecular complexity index is 1820. The molecule has 190 valence electrons. The van der Waals surface area contributed by atoms with Crippen LogP contribution in [0.5, 0.6) is 5.75 Å². The van der Waals surface area contributed by atoms with Gasteiger partial charge in [-0.3, -0.25) is 0 Å². The van der Waals surface area contributed by atoms with Crippen LogP contribution in [-0.4, -0.2) is 41.0 Å². The standard InChI is InChI=1S/C28H23ClFN7O/c1-38-24-6-2-5-22-25(24)36(15-18-12-33-37(16-18)27-21(30)11-20(29)13-32-27)28(34-22)23-10-19-4-3-9-31-26(19)35(23)14-17-7-8-17/h2-6,9-13,16-17H,7-8,14-15H2,1H3. The Kier molecular flexibility index (Phi) is 5.40. The van der Waals surface area contributed by atoms with Gasteiger partial charge in [0.1, 0.15) is 16.9 Å². The van der Waals surface area contributed by atoms with Crippen LogP contribution >= 0.6 is 11.6 Å². The molecule has 5 aromatic heterocycles. The highest BCUT2D eigenvalue weighted by Crippen LogP contribution is 2.37. The number of ether oxygens (including phenoxy) is 1. The van der Waals surface area contributed by atoms with Crippen molar-refractivity contribution >= 4 is 33.7 Å². The van der Waals surface area contributed by atoms with Crippen LogP contribution in [0.1, 0.15) is 18.4 Å². The van der Waals surface area contributed by atoms with Gasteiger partial charge >= 0.3 is 0 Å². The summed E-state index contributed by atoms with van der Waals surface area (Å²) in [6.45, 7) is 1.34. The quantitative estimate of drug-likeness (QED) is 0.259. The molecule has 0 bridgehead atoms. The number of nitrogens with zero attached hydrogens (tertiary/aromatic N) is 7. The topological polar surface area (TPSA) is 75.6 Å². The maximum Gasteiger partial charge on any atom is 0.189 e. The Morgan fingerprint density at radius 2 is 1.97 bits per heavy atom. The molecule has 5 heterocycles. The Balaban J connectivity index is 1.39. The first kappa shape index (κ1) is 22.9. The highest BCUT2D eigenvalue weighted by molar-refractivity contribution is 6.30. The lowest BCUT2D eigenvalue weighted by Crippen LogP contribution is -2.08. The zero-order chi connectivity index (χ0) is 25.8. The number of hydrogen-bond acceptors (Lipinski definition) is 5. The Labute approximate surface area is 222 Å². The molecule has 10 heteroatoms. The van der Waals surface area contributed by atoms with Crippen LogP contribution in [0.2, 0.25) is 5.02 Å². The predicted molar refractivity (Wildman–Crippen MR) is 143 cm³/mol. The fourth-order valence-electron chi connectivity index (χ4n) is 5.00. The number of benzene rings is 1. The lowest BCUT2D eigenvalue weighted by Gasteiger charge is -2.13. The van der Waals surface area contributed by atoms with E-state index in [-0.39, 0.29) is 10.8 Å². The summed E-state index contributed by atoms with van der Waals surface area (Å²) >= 11 is 5.88. The van der Waals surface area contributed by atoms with E-state index in [1.54, 1.807) is 19.5 Å². The van der Waals surface area contributed by atoms with Crippen molar-refractivity contribution in [3.8, 4) is 23.1 Å². The van der Waals surface area contributed by atoms with Gasteiger partial charge in [0.25, 0.3) is 0 Å². The van der Waals surface area contributed by atoms with Gasteiger partial charge in [-0.05, 0) is 55.2 Å². The van der Waals surface area contributed by atoms with Gasteiger partial charge in [-0.25, -0.2) is 24.0 Å². The molecular formula is C28H23ClFN7O. The van der Waals surface area contributed by atoms with E-state index in [0.29, 0.717) is 12.5 Å². The molecule has 0 N–H and O–H groups in total. The third kappa shape index (κ3) is 3.90. The Morgan fingerprint density at radius 1 is 1.08 bits per heavy atom. The van der Waals surface area contributed by atoms with E-state index < -0.39 is 5.82 Å². The molecule has 0 unspecified atom stereocenters. The molecule has 6 aromatic rings. The van der Waals surface area contributed by atoms with Crippen LogP contribution in [0, 0.1) is 11.7 Å². The summed E-state index contributed by atoms with van der Waals surface area (Å²) < 4.78 is 26.1. The molecule has 38 heavy (non-hydrogen) atoms. The predicted octanol–water partition coefficient (Wildman–Crippen LogP) is 5.89. The van der Waals surface area contributed by atoms with Gasteiger partial charge in [-0.2, -0.15) is 5.10 Å². The molecule has 0 radical (unpaired) electrons. The minimum absolute atomic E-state index is 0.0876. The van der Waals surface area contributed by atoms with Crippen LogP contribution in [0.25, 0.3) is 39.4 Å². The molecule has 8 nitrogen and oxygen atoms in total. The number of pyridine rings is 2. The lowest BCUT2D eigenvalue weighted by atomic mass is 10.2. The Hall–Kier alpha value is -4.24. The normalized spacial score (nSPS) is 13.6. The van der Waals surface area contributed by atoms with E-state index in [1.807, 2.05) is 30.5 Å². The van der Waals surface area contributed by atoms with Crippen molar-refractivity contribution < 1.29 is 9.13 Å². The third-order valence-electron chi connectivity index (χ3n) is 6.95. The van der Waals surface area contributed by atoms with E-state index in [9.17, 15) is 4.39 Å². The first-order valence-electron chi connectivity index (χ1n) is 12.4. The minimum atomic E-state index is -0.542. The second kappa shape index (κ2) is 8.95. The summed E-state index contributed by atoms with van der Waals surface area (Å²) in [5.74, 6) is 1.73. The third-order valence-corrected chi connectivity index (χ3v) is 7.16. The van der Waals surface area contributed by atoms with Crippen LogP contribution in [0.15, 0.2) is 67.3 Å². The van der Waals surface area contributed by atoms with Gasteiger partial charge in [0.05, 0.1) is 36.1 Å². The smallest absolute Gasteiger partial charge is 0.189 e. The molecule has 1 aliphatic carbocycles. The largest absolute Gasteiger partial charge is 0.494 e. The number of fused-ring (bicyclic) bond motifs is 2. The van der Waals surface area contributed by atoms with Crippen LogP contribution in [0.3, 0.4) is 0 Å². The summed E-state index contributed by atoms with van der Waals surface area (Å²) in [5, 5.41) is 5.68. The Morgan fingerprint density at radius 3 is 2.79 bits per heavy atom. The van der Waals surface area contributed by atoms with Crippen molar-refractivity contribution in [1.82, 2.24) is 33.9 Å². The SMILES string of the molecule is COc1cccc2nc(-c3cc4cccnc4n3CC3CC3)n(Cc3cnn(-c4ncc(Cl)cc4F)c3)c12. The zero-order valence-electron chi connectivity index (χ0n) is 20.6. The average Bonchev–Trinajstić information content (AvgIpc) is 3.33. The fourth-order valence-corrected chi connectivity index (χ4v) is 5.14. The van der Waals surface area contributed by atoms with Gasteiger partial charge in [-0.15, -0.1) is 0 Å². The van der Waals surface area contributed by atoms with Gasteiger partial charge < -0.3 is 13.9 Å². The average molecular weight is 528 g/mol. The molecule has 1 aromatic carbocycles. The number of methoxy groups -OCH3 is 1. The lowest BCUT2D eigenvalue weighted by molar-refractivity contribution is 0.417. The maximum absolute atomic E-state index is 14.5. The molecule has 1 saturated carbocycles. The second-order valence-electron chi connectivity index (χ2n) is 9.60. The van der Waals surface area contributed by atoms with Crippen LogP contribution in [0.4, 0.5) is 4.39 Å². The summed E-state index contributed by atoms with van der Waals surface area (Å²) in [6.07, 6.45) is 9.17. The van der Waals surface area contributed by atoms with Gasteiger partial charge in [0.2, 0.25) is 0 Å². The molecule has 1 aliphatic rings. The summed E-state index contributed by atoms with van der Waals surface area (Å²) in [6, 6.07) is 13.3. The molecule has 7 rings (SSSR count). The van der Waals surface area contributed by atoms with E-state index >= 15 is 0 Å². The number of para-hydroxylation sites is 1. The molecule has 0 spiro atoms. The minimum Gasteiger partial charge on any atom is -0.494 e. The van der Waals surface area contributed by atoms with E-state index in [1.165, 1.54) is 29.8 Å². The molecule has 0 amide bonds. The highest BCUT2D eigenvalue weighted by Gasteiger charge is 2.27. The number of imidazole rings is 1. The van der Waals surface area contributed by atoms with Crippen molar-refractivity contribution in [2.75, 3.05) is 7.11 Å². The molecule has 0 saturated heterocycles. The van der Waals surface area contributed by atoms with Crippen molar-refractivity contribution in [3.05, 3.63) is 83.7 Å². The molecule has 1 fully saturated rings. The monoisotopic (exact) mass is 527 g/mol. The van der Waals surface area contributed by atoms with E-state index in [4.69, 9.17) is 26.3 Å². The molecule has 0 atom stereocenters. The molecular weight excluding hydrogens is 505 g/mol. The van der Waals surface area contributed by atoms with Gasteiger partial charge in [0, 0.05) is 36.1 Å². The maximum atomic E-state index is 14.5. The number of rotatable bonds is 7. The summed E-state index contributed by atoms with van der Waals surface area (Å²) in [7, 11) is 1.66. The van der Waals surface area contributed by atoms with Crippen LogP contribution in [-0.2, 0) is 13.1 Å². The second-order valence-corrected chi connectivity index (χ2v) is 10.0. The van der Waals surface area contributed by atoms with Crippen molar-refractivity contribution in [1.29, 1.82) is 0 Å². The zero-order valence-corrected chi connectivity index (χ0v) is 21.3. The first-order chi connectivity index (χ1) is 18.6.